The van der Waals surface area contributed by atoms with Gasteiger partial charge in [0.25, 0.3) is 0 Å². The number of ether oxygens (including phenoxy) is 5. The molecule has 10 atom stereocenters. The van der Waals surface area contributed by atoms with E-state index in [1.54, 1.807) is 12.1 Å². The molecule has 2 aromatic carbocycles. The van der Waals surface area contributed by atoms with Gasteiger partial charge < -0.3 is 64.5 Å². The number of carbonyl (C=O) groups is 1. The number of aromatic hydroxyl groups is 2. The largest absolute Gasteiger partial charge is 0.508 e. The summed E-state index contributed by atoms with van der Waals surface area (Å²) in [4.78, 5) is 13.2. The molecule has 0 radical (unpaired) electrons. The molecule has 2 aromatic rings. The second kappa shape index (κ2) is 11.5. The minimum Gasteiger partial charge on any atom is -0.508 e. The van der Waals surface area contributed by atoms with Gasteiger partial charge in [0.2, 0.25) is 12.1 Å². The summed E-state index contributed by atoms with van der Waals surface area (Å²) in [5.41, 5.74) is 0.442. The van der Waals surface area contributed by atoms with Crippen molar-refractivity contribution in [3.8, 4) is 23.0 Å². The maximum atomic E-state index is 13.2. The molecule has 222 valence electrons. The summed E-state index contributed by atoms with van der Waals surface area (Å²) < 4.78 is 27.8. The first-order chi connectivity index (χ1) is 19.4. The molecule has 14 heteroatoms. The molecule has 0 aromatic heterocycles. The SMILES string of the molecule is CC1OC(OCC2OC(Oc3cc(O)cc4c3C(=O)C(=Cc3ccc(O)cc3)O4)C(O)C(O)C2O)C(O)C(O)C1O. The standard InChI is InChI=1S/C27H30O14/c1-10-19(30)22(33)24(35)26(38-10)37-9-17-21(32)23(34)25(36)27(41-17)40-15-8-13(29)7-14-18(15)20(31)16(39-14)6-11-2-4-12(28)5-3-11/h2-8,10,17,19,21-30,32-36H,9H2,1H3. The number of phenols is 2. The third kappa shape index (κ3) is 5.74. The molecule has 0 amide bonds. The third-order valence-corrected chi connectivity index (χ3v) is 7.06. The summed E-state index contributed by atoms with van der Waals surface area (Å²) >= 11 is 0. The fourth-order valence-corrected chi connectivity index (χ4v) is 4.70. The van der Waals surface area contributed by atoms with Crippen LogP contribution in [0.15, 0.2) is 42.2 Å². The van der Waals surface area contributed by atoms with Gasteiger partial charge in [0, 0.05) is 12.1 Å². The second-order valence-corrected chi connectivity index (χ2v) is 10.00. The maximum absolute atomic E-state index is 13.2. The summed E-state index contributed by atoms with van der Waals surface area (Å²) in [6.45, 7) is 0.942. The van der Waals surface area contributed by atoms with E-state index in [4.69, 9.17) is 23.7 Å². The molecule has 41 heavy (non-hydrogen) atoms. The molecule has 0 saturated carbocycles. The Morgan fingerprint density at radius 3 is 2.17 bits per heavy atom. The van der Waals surface area contributed by atoms with E-state index in [9.17, 15) is 45.6 Å². The lowest BCUT2D eigenvalue weighted by Gasteiger charge is -2.42. The van der Waals surface area contributed by atoms with Gasteiger partial charge in [0.15, 0.2) is 12.0 Å². The van der Waals surface area contributed by atoms with E-state index in [0.717, 1.165) is 6.07 Å². The van der Waals surface area contributed by atoms with Crippen LogP contribution in [0.4, 0.5) is 0 Å². The first-order valence-corrected chi connectivity index (χ1v) is 12.7. The molecule has 0 bridgehead atoms. The summed E-state index contributed by atoms with van der Waals surface area (Å²) in [6.07, 6.45) is -13.7. The van der Waals surface area contributed by atoms with Gasteiger partial charge in [0.1, 0.15) is 71.3 Å². The van der Waals surface area contributed by atoms with Crippen molar-refractivity contribution in [1.29, 1.82) is 0 Å². The monoisotopic (exact) mass is 578 g/mol. The molecule has 3 aliphatic heterocycles. The van der Waals surface area contributed by atoms with Crippen LogP contribution in [0.2, 0.25) is 0 Å². The Morgan fingerprint density at radius 2 is 1.46 bits per heavy atom. The molecule has 8 N–H and O–H groups in total. The molecule has 5 rings (SSSR count). The summed E-state index contributed by atoms with van der Waals surface area (Å²) in [7, 11) is 0. The number of ketones is 1. The number of Topliss-reactive ketones (excluding diaryl/α,β-unsaturated/α-hetero) is 1. The number of rotatable bonds is 6. The number of aliphatic hydroxyl groups excluding tert-OH is 6. The quantitative estimate of drug-likeness (QED) is 0.187. The Labute approximate surface area is 232 Å². The molecule has 2 saturated heterocycles. The van der Waals surface area contributed by atoms with Crippen molar-refractivity contribution in [2.75, 3.05) is 6.61 Å². The summed E-state index contributed by atoms with van der Waals surface area (Å²) in [6, 6.07) is 8.23. The lowest BCUT2D eigenvalue weighted by atomic mass is 9.98. The zero-order valence-corrected chi connectivity index (χ0v) is 21.5. The number of fused-ring (bicyclic) bond motifs is 1. The number of carbonyl (C=O) groups excluding carboxylic acids is 1. The predicted molar refractivity (Wildman–Crippen MR) is 135 cm³/mol. The highest BCUT2D eigenvalue weighted by Crippen LogP contribution is 2.42. The van der Waals surface area contributed by atoms with Crippen LogP contribution in [-0.4, -0.2) is 115 Å². The van der Waals surface area contributed by atoms with Crippen LogP contribution in [0.5, 0.6) is 23.0 Å². The van der Waals surface area contributed by atoms with E-state index in [0.29, 0.717) is 5.56 Å². The van der Waals surface area contributed by atoms with Crippen molar-refractivity contribution in [2.24, 2.45) is 0 Å². The topological polar surface area (TPSA) is 225 Å². The van der Waals surface area contributed by atoms with Crippen molar-refractivity contribution in [1.82, 2.24) is 0 Å². The Kier molecular flexibility index (Phi) is 8.20. The lowest BCUT2D eigenvalue weighted by molar-refractivity contribution is -0.318. The smallest absolute Gasteiger partial charge is 0.235 e. The van der Waals surface area contributed by atoms with Crippen LogP contribution in [0.1, 0.15) is 22.8 Å². The van der Waals surface area contributed by atoms with Crippen molar-refractivity contribution in [3.63, 3.8) is 0 Å². The predicted octanol–water partition coefficient (Wildman–Crippen LogP) is -1.26. The number of phenolic OH excluding ortho intramolecular Hbond substituents is 2. The molecule has 0 aliphatic carbocycles. The van der Waals surface area contributed by atoms with E-state index in [1.807, 2.05) is 0 Å². The minimum absolute atomic E-state index is 0.0326. The third-order valence-electron chi connectivity index (χ3n) is 7.06. The summed E-state index contributed by atoms with van der Waals surface area (Å²) in [5.74, 6) is -1.33. The van der Waals surface area contributed by atoms with Gasteiger partial charge in [-0.2, -0.15) is 0 Å². The van der Waals surface area contributed by atoms with Gasteiger partial charge in [-0.15, -0.1) is 0 Å². The number of allylic oxidation sites excluding steroid dienone is 1. The van der Waals surface area contributed by atoms with Gasteiger partial charge in [-0.05, 0) is 30.7 Å². The maximum Gasteiger partial charge on any atom is 0.235 e. The number of hydrogen-bond acceptors (Lipinski definition) is 14. The van der Waals surface area contributed by atoms with Crippen LogP contribution >= 0.6 is 0 Å². The Morgan fingerprint density at radius 1 is 0.805 bits per heavy atom. The van der Waals surface area contributed by atoms with Gasteiger partial charge in [-0.3, -0.25) is 4.79 Å². The van der Waals surface area contributed by atoms with Crippen LogP contribution < -0.4 is 9.47 Å². The van der Waals surface area contributed by atoms with Gasteiger partial charge in [-0.1, -0.05) is 12.1 Å². The molecule has 3 heterocycles. The highest BCUT2D eigenvalue weighted by Gasteiger charge is 2.48. The van der Waals surface area contributed by atoms with Crippen LogP contribution in [0.3, 0.4) is 0 Å². The van der Waals surface area contributed by atoms with Crippen LogP contribution in [-0.2, 0) is 14.2 Å². The Hall–Kier alpha value is -3.31. The molecule has 14 nitrogen and oxygen atoms in total. The fraction of sp³-hybridized carbons (Fsp3) is 0.444. The fourth-order valence-electron chi connectivity index (χ4n) is 4.70. The molecular formula is C27H30O14. The first-order valence-electron chi connectivity index (χ1n) is 12.7. The average molecular weight is 579 g/mol. The number of benzene rings is 2. The Bertz CT molecular complexity index is 1300. The Balaban J connectivity index is 1.33. The van der Waals surface area contributed by atoms with E-state index in [-0.39, 0.29) is 34.3 Å². The molecule has 0 spiro atoms. The highest BCUT2D eigenvalue weighted by atomic mass is 16.7. The van der Waals surface area contributed by atoms with Crippen LogP contribution in [0.25, 0.3) is 6.08 Å². The van der Waals surface area contributed by atoms with Crippen molar-refractivity contribution in [3.05, 3.63) is 53.3 Å². The van der Waals surface area contributed by atoms with Gasteiger partial charge in [0.05, 0.1) is 12.7 Å². The van der Waals surface area contributed by atoms with E-state index >= 15 is 0 Å². The van der Waals surface area contributed by atoms with Crippen molar-refractivity contribution < 1.29 is 69.3 Å². The minimum atomic E-state index is -1.81. The summed E-state index contributed by atoms with van der Waals surface area (Å²) in [5, 5.41) is 81.2. The van der Waals surface area contributed by atoms with E-state index in [1.165, 1.54) is 31.2 Å². The normalized spacial score (nSPS) is 36.2. The molecule has 3 aliphatic rings. The van der Waals surface area contributed by atoms with Crippen LogP contribution in [0, 0.1) is 0 Å². The van der Waals surface area contributed by atoms with E-state index < -0.39 is 73.8 Å². The van der Waals surface area contributed by atoms with Gasteiger partial charge >= 0.3 is 0 Å². The molecule has 2 fully saturated rings. The van der Waals surface area contributed by atoms with Crippen molar-refractivity contribution >= 4 is 11.9 Å². The lowest BCUT2D eigenvalue weighted by Crippen LogP contribution is -2.61. The first kappa shape index (κ1) is 29.2. The van der Waals surface area contributed by atoms with Crippen molar-refractivity contribution in [2.45, 2.75) is 68.3 Å². The molecular weight excluding hydrogens is 548 g/mol. The zero-order valence-electron chi connectivity index (χ0n) is 21.5. The average Bonchev–Trinajstić information content (AvgIpc) is 3.25. The van der Waals surface area contributed by atoms with Gasteiger partial charge in [-0.25, -0.2) is 0 Å². The zero-order chi connectivity index (χ0) is 29.6. The molecule has 10 unspecified atom stereocenters. The number of hydrogen-bond donors (Lipinski definition) is 8. The van der Waals surface area contributed by atoms with E-state index in [2.05, 4.69) is 0 Å². The highest BCUT2D eigenvalue weighted by molar-refractivity contribution is 6.16. The second-order valence-electron chi connectivity index (χ2n) is 10.00. The number of aliphatic hydroxyl groups is 6.